The molecule has 0 aliphatic carbocycles. The summed E-state index contributed by atoms with van der Waals surface area (Å²) in [6.07, 6.45) is 0.987. The van der Waals surface area contributed by atoms with Crippen LogP contribution in [-0.2, 0) is 22.6 Å². The van der Waals surface area contributed by atoms with Gasteiger partial charge in [-0.3, -0.25) is 14.5 Å². The fourth-order valence-corrected chi connectivity index (χ4v) is 4.13. The molecular formula is C25H29N3O4. The van der Waals surface area contributed by atoms with Crippen molar-refractivity contribution in [2.75, 3.05) is 13.2 Å². The van der Waals surface area contributed by atoms with Crippen molar-refractivity contribution in [3.63, 3.8) is 0 Å². The Morgan fingerprint density at radius 1 is 1.03 bits per heavy atom. The summed E-state index contributed by atoms with van der Waals surface area (Å²) in [7, 11) is 0. The Hall–Kier alpha value is -3.19. The number of imide groups is 1. The number of ether oxygens (including phenoxy) is 1. The van der Waals surface area contributed by atoms with Crippen LogP contribution in [0.1, 0.15) is 59.7 Å². The van der Waals surface area contributed by atoms with Crippen LogP contribution in [0, 0.1) is 0 Å². The summed E-state index contributed by atoms with van der Waals surface area (Å²) < 4.78 is 5.33. The first-order chi connectivity index (χ1) is 15.4. The molecule has 2 aliphatic heterocycles. The zero-order valence-electron chi connectivity index (χ0n) is 18.5. The van der Waals surface area contributed by atoms with E-state index in [4.69, 9.17) is 4.74 Å². The van der Waals surface area contributed by atoms with Gasteiger partial charge in [-0.2, -0.15) is 0 Å². The van der Waals surface area contributed by atoms with Crippen molar-refractivity contribution in [3.05, 3.63) is 70.8 Å². The first-order valence-corrected chi connectivity index (χ1v) is 11.1. The number of rotatable bonds is 6. The van der Waals surface area contributed by atoms with E-state index in [2.05, 4.69) is 36.6 Å². The number of hydrogen-bond acceptors (Lipinski definition) is 4. The number of carbonyl (C=O) groups is 3. The summed E-state index contributed by atoms with van der Waals surface area (Å²) in [5.74, 6) is 0.109. The highest BCUT2D eigenvalue weighted by molar-refractivity contribution is 6.07. The number of nitrogens with zero attached hydrogens (tertiary/aromatic N) is 1. The molecule has 2 aromatic carbocycles. The Kier molecular flexibility index (Phi) is 6.28. The van der Waals surface area contributed by atoms with Crippen LogP contribution in [0.5, 0.6) is 0 Å². The van der Waals surface area contributed by atoms with Gasteiger partial charge in [-0.05, 0) is 34.7 Å². The lowest BCUT2D eigenvalue weighted by molar-refractivity contribution is -0.134. The van der Waals surface area contributed by atoms with Gasteiger partial charge in [-0.15, -0.1) is 0 Å². The summed E-state index contributed by atoms with van der Waals surface area (Å²) in [5, 5.41) is 5.78. The topological polar surface area (TPSA) is 87.7 Å². The van der Waals surface area contributed by atoms with Crippen LogP contribution < -0.4 is 10.6 Å². The van der Waals surface area contributed by atoms with Crippen molar-refractivity contribution in [1.29, 1.82) is 0 Å². The highest BCUT2D eigenvalue weighted by Gasteiger charge is 2.51. The van der Waals surface area contributed by atoms with E-state index in [1.54, 1.807) is 24.3 Å². The smallest absolute Gasteiger partial charge is 0.325 e. The van der Waals surface area contributed by atoms with Crippen LogP contribution in [-0.4, -0.2) is 41.5 Å². The zero-order chi connectivity index (χ0) is 22.7. The van der Waals surface area contributed by atoms with E-state index in [9.17, 15) is 14.4 Å². The molecule has 1 spiro atoms. The molecule has 0 radical (unpaired) electrons. The van der Waals surface area contributed by atoms with Crippen LogP contribution in [0.3, 0.4) is 0 Å². The zero-order valence-corrected chi connectivity index (χ0v) is 18.5. The molecule has 0 aromatic heterocycles. The van der Waals surface area contributed by atoms with E-state index in [1.165, 1.54) is 10.5 Å². The molecular weight excluding hydrogens is 406 g/mol. The number of urea groups is 1. The Morgan fingerprint density at radius 3 is 2.28 bits per heavy atom. The number of amides is 4. The van der Waals surface area contributed by atoms with Crippen LogP contribution in [0.2, 0.25) is 0 Å². The second-order valence-electron chi connectivity index (χ2n) is 8.79. The Bertz CT molecular complexity index is 993. The fraction of sp³-hybridized carbons (Fsp3) is 0.400. The Morgan fingerprint density at radius 2 is 1.66 bits per heavy atom. The molecule has 2 heterocycles. The number of hydrogen-bond donors (Lipinski definition) is 2. The van der Waals surface area contributed by atoms with E-state index in [0.29, 0.717) is 44.1 Å². The van der Waals surface area contributed by atoms with Crippen LogP contribution >= 0.6 is 0 Å². The van der Waals surface area contributed by atoms with Crippen LogP contribution in [0.15, 0.2) is 48.5 Å². The van der Waals surface area contributed by atoms with Crippen molar-refractivity contribution in [2.24, 2.45) is 0 Å². The maximum Gasteiger partial charge on any atom is 0.325 e. The second-order valence-corrected chi connectivity index (χ2v) is 8.79. The maximum absolute atomic E-state index is 12.9. The van der Waals surface area contributed by atoms with Gasteiger partial charge < -0.3 is 15.4 Å². The summed E-state index contributed by atoms with van der Waals surface area (Å²) >= 11 is 0. The molecule has 7 heteroatoms. The average Bonchev–Trinajstić information content (AvgIpc) is 3.02. The quantitative estimate of drug-likeness (QED) is 0.682. The summed E-state index contributed by atoms with van der Waals surface area (Å²) in [5.41, 5.74) is 2.80. The van der Waals surface area contributed by atoms with Crippen LogP contribution in [0.4, 0.5) is 4.79 Å². The lowest BCUT2D eigenvalue weighted by atomic mass is 9.90. The summed E-state index contributed by atoms with van der Waals surface area (Å²) in [4.78, 5) is 39.0. The van der Waals surface area contributed by atoms with Gasteiger partial charge in [0.25, 0.3) is 11.8 Å². The minimum Gasteiger partial charge on any atom is -0.381 e. The molecule has 4 rings (SSSR count). The molecule has 0 saturated carbocycles. The molecule has 32 heavy (non-hydrogen) atoms. The van der Waals surface area contributed by atoms with Gasteiger partial charge in [0, 0.05) is 38.2 Å². The average molecular weight is 436 g/mol. The third-order valence-electron chi connectivity index (χ3n) is 6.25. The van der Waals surface area contributed by atoms with Crippen molar-refractivity contribution < 1.29 is 19.1 Å². The highest BCUT2D eigenvalue weighted by atomic mass is 16.5. The lowest BCUT2D eigenvalue weighted by Gasteiger charge is -2.30. The third-order valence-corrected chi connectivity index (χ3v) is 6.25. The molecule has 7 nitrogen and oxygen atoms in total. The predicted molar refractivity (Wildman–Crippen MR) is 120 cm³/mol. The molecule has 2 N–H and O–H groups in total. The molecule has 4 amide bonds. The first-order valence-electron chi connectivity index (χ1n) is 11.1. The Balaban J connectivity index is 1.34. The lowest BCUT2D eigenvalue weighted by Crippen LogP contribution is -2.51. The fourth-order valence-electron chi connectivity index (χ4n) is 4.13. The molecule has 2 aliphatic rings. The number of benzene rings is 2. The maximum atomic E-state index is 12.9. The van der Waals surface area contributed by atoms with Crippen molar-refractivity contribution >= 4 is 17.8 Å². The van der Waals surface area contributed by atoms with E-state index < -0.39 is 5.54 Å². The molecule has 2 fully saturated rings. The van der Waals surface area contributed by atoms with E-state index in [0.717, 1.165) is 11.1 Å². The second kappa shape index (κ2) is 9.12. The van der Waals surface area contributed by atoms with E-state index in [-0.39, 0.29) is 24.4 Å². The molecule has 0 bridgehead atoms. The predicted octanol–water partition coefficient (Wildman–Crippen LogP) is 3.34. The minimum atomic E-state index is -0.831. The SMILES string of the molecule is CC(C)c1ccc(CNC(=O)c2ccc(CN3C(=O)NC4(CCOCC4)C3=O)cc2)cc1. The van der Waals surface area contributed by atoms with Crippen LogP contribution in [0.25, 0.3) is 0 Å². The van der Waals surface area contributed by atoms with E-state index >= 15 is 0 Å². The largest absolute Gasteiger partial charge is 0.381 e. The van der Waals surface area contributed by atoms with Crippen molar-refractivity contribution in [1.82, 2.24) is 15.5 Å². The van der Waals surface area contributed by atoms with Gasteiger partial charge in [0.05, 0.1) is 6.54 Å². The van der Waals surface area contributed by atoms with Gasteiger partial charge >= 0.3 is 6.03 Å². The minimum absolute atomic E-state index is 0.166. The number of carbonyl (C=O) groups excluding carboxylic acids is 3. The third kappa shape index (κ3) is 4.53. The normalized spacial score (nSPS) is 17.7. The molecule has 2 saturated heterocycles. The molecule has 2 aromatic rings. The molecule has 168 valence electrons. The van der Waals surface area contributed by atoms with Crippen molar-refractivity contribution in [3.8, 4) is 0 Å². The number of nitrogens with one attached hydrogen (secondary N) is 2. The summed E-state index contributed by atoms with van der Waals surface area (Å²) in [6, 6.07) is 14.8. The Labute approximate surface area is 188 Å². The van der Waals surface area contributed by atoms with Gasteiger partial charge in [0.15, 0.2) is 0 Å². The molecule has 0 atom stereocenters. The first kappa shape index (κ1) is 22.0. The van der Waals surface area contributed by atoms with Crippen molar-refractivity contribution in [2.45, 2.75) is 51.2 Å². The van der Waals surface area contributed by atoms with E-state index in [1.807, 2.05) is 12.1 Å². The van der Waals surface area contributed by atoms with Gasteiger partial charge in [-0.25, -0.2) is 4.79 Å². The highest BCUT2D eigenvalue weighted by Crippen LogP contribution is 2.29. The summed E-state index contributed by atoms with van der Waals surface area (Å²) in [6.45, 7) is 5.85. The standard InChI is InChI=1S/C25H29N3O4/c1-17(2)20-7-3-18(4-8-20)15-26-22(29)21-9-5-19(6-10-21)16-28-23(30)25(27-24(28)31)11-13-32-14-12-25/h3-10,17H,11-16H2,1-2H3,(H,26,29)(H,27,31). The van der Waals surface area contributed by atoms with Gasteiger partial charge in [0.2, 0.25) is 0 Å². The monoisotopic (exact) mass is 435 g/mol. The van der Waals surface area contributed by atoms with Gasteiger partial charge in [-0.1, -0.05) is 50.2 Å². The van der Waals surface area contributed by atoms with Gasteiger partial charge in [0.1, 0.15) is 5.54 Å². The molecule has 0 unspecified atom stereocenters.